The molecule has 0 atom stereocenters. The molecule has 0 aliphatic heterocycles. The molecule has 0 bridgehead atoms. The first-order valence-corrected chi connectivity index (χ1v) is 7.22. The zero-order valence-electron chi connectivity index (χ0n) is 13.0. The molecule has 1 fully saturated rings. The molecule has 1 aliphatic carbocycles. The fourth-order valence-corrected chi connectivity index (χ4v) is 3.19. The Bertz CT molecular complexity index is 466. The first-order valence-electron chi connectivity index (χ1n) is 7.22. The normalized spacial score (nSPS) is 21.2. The summed E-state index contributed by atoms with van der Waals surface area (Å²) in [7, 11) is 1.72. The summed E-state index contributed by atoms with van der Waals surface area (Å²) in [6.45, 7) is 8.93. The summed E-state index contributed by atoms with van der Waals surface area (Å²) in [6.07, 6.45) is 4.56. The quantitative estimate of drug-likeness (QED) is 0.871. The summed E-state index contributed by atoms with van der Waals surface area (Å²) in [6, 6.07) is 4.35. The maximum Gasteiger partial charge on any atom is 0.122 e. The average molecular weight is 261 g/mol. The lowest BCUT2D eigenvalue weighted by molar-refractivity contribution is 0.165. The van der Waals surface area contributed by atoms with Crippen molar-refractivity contribution in [2.75, 3.05) is 7.11 Å². The maximum absolute atomic E-state index is 6.72. The Balaban J connectivity index is 2.34. The molecule has 19 heavy (non-hydrogen) atoms. The lowest BCUT2D eigenvalue weighted by Crippen LogP contribution is -2.43. The molecule has 1 aromatic rings. The van der Waals surface area contributed by atoms with Crippen LogP contribution >= 0.6 is 0 Å². The number of nitrogens with two attached hydrogens (primary N) is 1. The highest BCUT2D eigenvalue weighted by Gasteiger charge is 2.37. The van der Waals surface area contributed by atoms with Gasteiger partial charge in [0.15, 0.2) is 0 Å². The van der Waals surface area contributed by atoms with Gasteiger partial charge in [-0.05, 0) is 67.7 Å². The summed E-state index contributed by atoms with van der Waals surface area (Å²) in [5.74, 6) is 0.959. The molecule has 106 valence electrons. The Labute approximate surface area is 117 Å². The van der Waals surface area contributed by atoms with Gasteiger partial charge in [-0.1, -0.05) is 19.9 Å². The second-order valence-corrected chi connectivity index (χ2v) is 6.96. The first kappa shape index (κ1) is 14.4. The van der Waals surface area contributed by atoms with E-state index >= 15 is 0 Å². The molecule has 0 aromatic heterocycles. The van der Waals surface area contributed by atoms with Crippen LogP contribution in [0.5, 0.6) is 5.75 Å². The summed E-state index contributed by atoms with van der Waals surface area (Å²) in [5, 5.41) is 0. The number of benzene rings is 1. The number of rotatable bonds is 2. The molecule has 0 unspecified atom stereocenters. The summed E-state index contributed by atoms with van der Waals surface area (Å²) < 4.78 is 5.39. The van der Waals surface area contributed by atoms with E-state index in [2.05, 4.69) is 39.8 Å². The standard InChI is InChI=1S/C17H27NO/c1-12-11-15(19-5)13(2)10-14(12)17(18)8-6-16(3,4)7-9-17/h10-11H,6-9,18H2,1-5H3. The zero-order chi connectivity index (χ0) is 14.3. The molecule has 1 aliphatic rings. The van der Waals surface area contributed by atoms with Crippen molar-refractivity contribution in [1.29, 1.82) is 0 Å². The lowest BCUT2D eigenvalue weighted by Gasteiger charge is -2.42. The molecule has 2 heteroatoms. The van der Waals surface area contributed by atoms with Gasteiger partial charge in [-0.3, -0.25) is 0 Å². The van der Waals surface area contributed by atoms with E-state index in [1.165, 1.54) is 29.5 Å². The van der Waals surface area contributed by atoms with Gasteiger partial charge < -0.3 is 10.5 Å². The molecule has 0 amide bonds. The molecule has 0 heterocycles. The van der Waals surface area contributed by atoms with Gasteiger partial charge in [-0.25, -0.2) is 0 Å². The minimum atomic E-state index is -0.156. The fraction of sp³-hybridized carbons (Fsp3) is 0.647. The van der Waals surface area contributed by atoms with Crippen LogP contribution in [0.4, 0.5) is 0 Å². The van der Waals surface area contributed by atoms with E-state index in [1.807, 2.05) is 0 Å². The third kappa shape index (κ3) is 2.79. The van der Waals surface area contributed by atoms with Gasteiger partial charge in [0.05, 0.1) is 7.11 Å². The van der Waals surface area contributed by atoms with Gasteiger partial charge in [0.25, 0.3) is 0 Å². The second-order valence-electron chi connectivity index (χ2n) is 6.96. The van der Waals surface area contributed by atoms with Crippen molar-refractivity contribution in [3.63, 3.8) is 0 Å². The van der Waals surface area contributed by atoms with E-state index in [0.29, 0.717) is 5.41 Å². The van der Waals surface area contributed by atoms with Gasteiger partial charge >= 0.3 is 0 Å². The fourth-order valence-electron chi connectivity index (χ4n) is 3.19. The van der Waals surface area contributed by atoms with Gasteiger partial charge in [0.1, 0.15) is 5.75 Å². The summed E-state index contributed by atoms with van der Waals surface area (Å²) in [5.41, 5.74) is 10.7. The van der Waals surface area contributed by atoms with Crippen molar-refractivity contribution in [3.05, 3.63) is 28.8 Å². The van der Waals surface area contributed by atoms with Crippen LogP contribution in [-0.4, -0.2) is 7.11 Å². The topological polar surface area (TPSA) is 35.2 Å². The van der Waals surface area contributed by atoms with E-state index < -0.39 is 0 Å². The van der Waals surface area contributed by atoms with Crippen LogP contribution in [0.1, 0.15) is 56.2 Å². The molecule has 0 radical (unpaired) electrons. The van der Waals surface area contributed by atoms with Crippen LogP contribution in [0, 0.1) is 19.3 Å². The summed E-state index contributed by atoms with van der Waals surface area (Å²) in [4.78, 5) is 0. The van der Waals surface area contributed by atoms with Gasteiger partial charge in [-0.15, -0.1) is 0 Å². The molecule has 2 nitrogen and oxygen atoms in total. The number of aryl methyl sites for hydroxylation is 2. The molecule has 2 rings (SSSR count). The predicted octanol–water partition coefficient (Wildman–Crippen LogP) is 4.07. The number of hydrogen-bond acceptors (Lipinski definition) is 2. The molecular formula is C17H27NO. The van der Waals surface area contributed by atoms with Crippen molar-refractivity contribution in [1.82, 2.24) is 0 Å². The second kappa shape index (κ2) is 4.82. The van der Waals surface area contributed by atoms with E-state index in [0.717, 1.165) is 18.6 Å². The minimum Gasteiger partial charge on any atom is -0.496 e. The Hall–Kier alpha value is -1.02. The largest absolute Gasteiger partial charge is 0.496 e. The van der Waals surface area contributed by atoms with E-state index in [-0.39, 0.29) is 5.54 Å². The average Bonchev–Trinajstić information content (AvgIpc) is 2.36. The SMILES string of the molecule is COc1cc(C)c(C2(N)CCC(C)(C)CC2)cc1C. The monoisotopic (exact) mass is 261 g/mol. The van der Waals surface area contributed by atoms with Crippen molar-refractivity contribution in [2.45, 2.75) is 58.9 Å². The van der Waals surface area contributed by atoms with Crippen molar-refractivity contribution in [3.8, 4) is 5.75 Å². The number of hydrogen-bond donors (Lipinski definition) is 1. The summed E-state index contributed by atoms with van der Waals surface area (Å²) >= 11 is 0. The van der Waals surface area contributed by atoms with Crippen molar-refractivity contribution in [2.24, 2.45) is 11.1 Å². The van der Waals surface area contributed by atoms with Gasteiger partial charge in [0, 0.05) is 5.54 Å². The van der Waals surface area contributed by atoms with Crippen molar-refractivity contribution < 1.29 is 4.74 Å². The number of methoxy groups -OCH3 is 1. The molecular weight excluding hydrogens is 234 g/mol. The van der Waals surface area contributed by atoms with Crippen LogP contribution < -0.4 is 10.5 Å². The molecule has 0 saturated heterocycles. The van der Waals surface area contributed by atoms with E-state index in [1.54, 1.807) is 7.11 Å². The molecule has 1 saturated carbocycles. The zero-order valence-corrected chi connectivity index (χ0v) is 13.0. The van der Waals surface area contributed by atoms with Crippen LogP contribution in [0.2, 0.25) is 0 Å². The third-order valence-corrected chi connectivity index (χ3v) is 4.77. The lowest BCUT2D eigenvalue weighted by atomic mass is 9.66. The first-order chi connectivity index (χ1) is 8.77. The minimum absolute atomic E-state index is 0.156. The highest BCUT2D eigenvalue weighted by atomic mass is 16.5. The Kier molecular flexibility index (Phi) is 3.65. The highest BCUT2D eigenvalue weighted by Crippen LogP contribution is 2.45. The molecule has 2 N–H and O–H groups in total. The van der Waals surface area contributed by atoms with Crippen LogP contribution in [0.3, 0.4) is 0 Å². The van der Waals surface area contributed by atoms with Crippen LogP contribution in [-0.2, 0) is 5.54 Å². The van der Waals surface area contributed by atoms with Gasteiger partial charge in [0.2, 0.25) is 0 Å². The molecule has 0 spiro atoms. The van der Waals surface area contributed by atoms with E-state index in [4.69, 9.17) is 10.5 Å². The maximum atomic E-state index is 6.72. The molecule has 1 aromatic carbocycles. The van der Waals surface area contributed by atoms with E-state index in [9.17, 15) is 0 Å². The van der Waals surface area contributed by atoms with Gasteiger partial charge in [-0.2, -0.15) is 0 Å². The highest BCUT2D eigenvalue weighted by molar-refractivity contribution is 5.44. The Morgan fingerprint density at radius 3 is 2.11 bits per heavy atom. The van der Waals surface area contributed by atoms with Crippen LogP contribution in [0.25, 0.3) is 0 Å². The van der Waals surface area contributed by atoms with Crippen LogP contribution in [0.15, 0.2) is 12.1 Å². The predicted molar refractivity (Wildman–Crippen MR) is 80.6 cm³/mol. The third-order valence-electron chi connectivity index (χ3n) is 4.77. The Morgan fingerprint density at radius 1 is 1.00 bits per heavy atom. The van der Waals surface area contributed by atoms with Crippen molar-refractivity contribution >= 4 is 0 Å². The number of ether oxygens (including phenoxy) is 1. The Morgan fingerprint density at radius 2 is 1.58 bits per heavy atom. The smallest absolute Gasteiger partial charge is 0.122 e.